The number of nitrogens with one attached hydrogen (secondary N) is 1. The van der Waals surface area contributed by atoms with Crippen LogP contribution in [0.5, 0.6) is 5.75 Å². The minimum absolute atomic E-state index is 0.111. The lowest BCUT2D eigenvalue weighted by atomic mass is 9.99. The first kappa shape index (κ1) is 24.0. The number of halogens is 3. The Morgan fingerprint density at radius 2 is 1.76 bits per heavy atom. The zero-order valence-corrected chi connectivity index (χ0v) is 19.9. The molecule has 188 valence electrons. The van der Waals surface area contributed by atoms with Gasteiger partial charge >= 0.3 is 6.36 Å². The molecular formula is C26H20F3N5O3. The van der Waals surface area contributed by atoms with Crippen molar-refractivity contribution in [1.82, 2.24) is 19.7 Å². The third kappa shape index (κ3) is 5.01. The van der Waals surface area contributed by atoms with Crippen LogP contribution in [0.3, 0.4) is 0 Å². The molecule has 0 saturated carbocycles. The second kappa shape index (κ2) is 9.08. The third-order valence-corrected chi connectivity index (χ3v) is 5.79. The van der Waals surface area contributed by atoms with E-state index in [0.717, 1.165) is 39.9 Å². The number of alkyl halides is 3. The summed E-state index contributed by atoms with van der Waals surface area (Å²) < 4.78 is 47.8. The molecule has 0 amide bonds. The Hall–Kier alpha value is -4.67. The standard InChI is InChI=1S/C26H20F3N5O3/c1-14-4-7-18(12-20(14)21-11-17-13-30-15(2)10-22(17)34(3)24(21)35)31-25-32-23(37-33-25)16-5-8-19(9-6-16)36-26(27,28)29/h4-13H,1-3H3,(H,31,33). The highest BCUT2D eigenvalue weighted by Crippen LogP contribution is 2.29. The fourth-order valence-electron chi connectivity index (χ4n) is 3.97. The second-order valence-electron chi connectivity index (χ2n) is 8.46. The monoisotopic (exact) mass is 507 g/mol. The molecule has 0 aliphatic rings. The average Bonchev–Trinajstić information content (AvgIpc) is 3.31. The van der Waals surface area contributed by atoms with E-state index in [0.29, 0.717) is 16.8 Å². The second-order valence-corrected chi connectivity index (χ2v) is 8.46. The number of fused-ring (bicyclic) bond motifs is 1. The van der Waals surface area contributed by atoms with Gasteiger partial charge in [-0.25, -0.2) is 0 Å². The van der Waals surface area contributed by atoms with Gasteiger partial charge in [0.2, 0.25) is 0 Å². The Kier molecular flexibility index (Phi) is 5.90. The quantitative estimate of drug-likeness (QED) is 0.316. The van der Waals surface area contributed by atoms with Crippen molar-refractivity contribution < 1.29 is 22.4 Å². The van der Waals surface area contributed by atoms with Gasteiger partial charge in [0.25, 0.3) is 17.4 Å². The van der Waals surface area contributed by atoms with Crippen LogP contribution in [-0.4, -0.2) is 26.1 Å². The van der Waals surface area contributed by atoms with Crippen LogP contribution in [0.1, 0.15) is 11.3 Å². The van der Waals surface area contributed by atoms with Crippen molar-refractivity contribution in [3.05, 3.63) is 82.4 Å². The van der Waals surface area contributed by atoms with Crippen molar-refractivity contribution in [2.75, 3.05) is 5.32 Å². The Morgan fingerprint density at radius 3 is 2.49 bits per heavy atom. The van der Waals surface area contributed by atoms with Crippen molar-refractivity contribution >= 4 is 22.5 Å². The largest absolute Gasteiger partial charge is 0.573 e. The van der Waals surface area contributed by atoms with E-state index in [9.17, 15) is 18.0 Å². The van der Waals surface area contributed by atoms with Crippen LogP contribution in [0, 0.1) is 13.8 Å². The van der Waals surface area contributed by atoms with Crippen molar-refractivity contribution in [3.63, 3.8) is 0 Å². The summed E-state index contributed by atoms with van der Waals surface area (Å²) in [7, 11) is 1.73. The molecule has 0 unspecified atom stereocenters. The number of hydrogen-bond acceptors (Lipinski definition) is 7. The van der Waals surface area contributed by atoms with Crippen molar-refractivity contribution in [1.29, 1.82) is 0 Å². The Bertz CT molecular complexity index is 1670. The molecule has 0 aliphatic heterocycles. The minimum atomic E-state index is -4.77. The molecule has 5 aromatic rings. The van der Waals surface area contributed by atoms with Crippen LogP contribution in [0.2, 0.25) is 0 Å². The lowest BCUT2D eigenvalue weighted by Crippen LogP contribution is -2.19. The maximum absolute atomic E-state index is 13.2. The summed E-state index contributed by atoms with van der Waals surface area (Å²) in [5.74, 6) is -0.0989. The Balaban J connectivity index is 1.42. The van der Waals surface area contributed by atoms with Crippen LogP contribution >= 0.6 is 0 Å². The van der Waals surface area contributed by atoms with Gasteiger partial charge in [0.05, 0.1) is 5.52 Å². The first-order valence-corrected chi connectivity index (χ1v) is 11.1. The van der Waals surface area contributed by atoms with Gasteiger partial charge in [0.15, 0.2) is 0 Å². The van der Waals surface area contributed by atoms with Crippen molar-refractivity contribution in [2.45, 2.75) is 20.2 Å². The number of ether oxygens (including phenoxy) is 1. The summed E-state index contributed by atoms with van der Waals surface area (Å²) in [6.45, 7) is 3.78. The summed E-state index contributed by atoms with van der Waals surface area (Å²) in [5.41, 5.74) is 4.67. The van der Waals surface area contributed by atoms with E-state index in [4.69, 9.17) is 4.52 Å². The third-order valence-electron chi connectivity index (χ3n) is 5.79. The number of anilines is 2. The number of pyridine rings is 2. The van der Waals surface area contributed by atoms with Crippen LogP contribution < -0.4 is 15.6 Å². The molecule has 5 rings (SSSR count). The highest BCUT2D eigenvalue weighted by Gasteiger charge is 2.31. The lowest BCUT2D eigenvalue weighted by molar-refractivity contribution is -0.274. The summed E-state index contributed by atoms with van der Waals surface area (Å²) >= 11 is 0. The molecule has 1 N–H and O–H groups in total. The van der Waals surface area contributed by atoms with Crippen LogP contribution in [0.25, 0.3) is 33.5 Å². The van der Waals surface area contributed by atoms with Gasteiger partial charge in [0, 0.05) is 41.1 Å². The number of rotatable bonds is 5. The fourth-order valence-corrected chi connectivity index (χ4v) is 3.97. The summed E-state index contributed by atoms with van der Waals surface area (Å²) in [6, 6.07) is 14.3. The fraction of sp³-hybridized carbons (Fsp3) is 0.154. The number of benzene rings is 2. The Labute approximate surface area is 208 Å². The summed E-state index contributed by atoms with van der Waals surface area (Å²) in [4.78, 5) is 21.8. The normalized spacial score (nSPS) is 11.6. The summed E-state index contributed by atoms with van der Waals surface area (Å²) in [5, 5.41) is 7.78. The molecule has 0 bridgehead atoms. The number of nitrogens with zero attached hydrogens (tertiary/aromatic N) is 4. The van der Waals surface area contributed by atoms with Gasteiger partial charge in [-0.2, -0.15) is 4.98 Å². The molecular weight excluding hydrogens is 487 g/mol. The highest BCUT2D eigenvalue weighted by molar-refractivity contribution is 5.85. The molecule has 11 heteroatoms. The molecule has 0 saturated heterocycles. The van der Waals surface area contributed by atoms with Gasteiger partial charge in [-0.05, 0) is 78.7 Å². The maximum Gasteiger partial charge on any atom is 0.573 e. The summed E-state index contributed by atoms with van der Waals surface area (Å²) in [6.07, 6.45) is -3.03. The maximum atomic E-state index is 13.2. The molecule has 3 heterocycles. The van der Waals surface area contributed by atoms with Gasteiger partial charge in [-0.3, -0.25) is 9.78 Å². The predicted octanol–water partition coefficient (Wildman–Crippen LogP) is 5.91. The van der Waals surface area contributed by atoms with Crippen LogP contribution in [0.4, 0.5) is 24.8 Å². The molecule has 8 nitrogen and oxygen atoms in total. The number of aromatic nitrogens is 4. The molecule has 0 atom stereocenters. The molecule has 0 spiro atoms. The van der Waals surface area contributed by atoms with Crippen LogP contribution in [-0.2, 0) is 7.05 Å². The first-order valence-electron chi connectivity index (χ1n) is 11.1. The minimum Gasteiger partial charge on any atom is -0.406 e. The molecule has 0 aliphatic carbocycles. The zero-order chi connectivity index (χ0) is 26.3. The molecule has 0 fully saturated rings. The van der Waals surface area contributed by atoms with E-state index >= 15 is 0 Å². The van der Waals surface area contributed by atoms with Gasteiger partial charge in [-0.1, -0.05) is 6.07 Å². The van der Waals surface area contributed by atoms with E-state index in [2.05, 4.69) is 25.2 Å². The Morgan fingerprint density at radius 1 is 1.00 bits per heavy atom. The van der Waals surface area contributed by atoms with Crippen molar-refractivity contribution in [2.24, 2.45) is 7.05 Å². The first-order chi connectivity index (χ1) is 17.6. The van der Waals surface area contributed by atoms with Crippen molar-refractivity contribution in [3.8, 4) is 28.3 Å². The van der Waals surface area contributed by atoms with E-state index < -0.39 is 6.36 Å². The molecule has 2 aromatic carbocycles. The molecule has 37 heavy (non-hydrogen) atoms. The molecule has 0 radical (unpaired) electrons. The topological polar surface area (TPSA) is 95.1 Å². The van der Waals surface area contributed by atoms with Gasteiger partial charge in [0.1, 0.15) is 5.75 Å². The van der Waals surface area contributed by atoms with E-state index in [1.165, 1.54) is 12.1 Å². The van der Waals surface area contributed by atoms with E-state index in [1.807, 2.05) is 44.2 Å². The van der Waals surface area contributed by atoms with E-state index in [1.54, 1.807) is 17.8 Å². The van der Waals surface area contributed by atoms with Crippen LogP contribution in [0.15, 0.2) is 70.1 Å². The number of aryl methyl sites for hydroxylation is 3. The number of hydrogen-bond donors (Lipinski definition) is 1. The van der Waals surface area contributed by atoms with E-state index in [-0.39, 0.29) is 23.1 Å². The van der Waals surface area contributed by atoms with Gasteiger partial charge in [-0.15, -0.1) is 13.2 Å². The lowest BCUT2D eigenvalue weighted by Gasteiger charge is -2.12. The van der Waals surface area contributed by atoms with Gasteiger partial charge < -0.3 is 19.1 Å². The average molecular weight is 507 g/mol. The SMILES string of the molecule is Cc1cc2c(cn1)cc(-c1cc(Nc3noc(-c4ccc(OC(F)(F)F)cc4)n3)ccc1C)c(=O)n2C. The highest BCUT2D eigenvalue weighted by atomic mass is 19.4. The zero-order valence-electron chi connectivity index (χ0n) is 19.9. The predicted molar refractivity (Wildman–Crippen MR) is 132 cm³/mol. The molecule has 3 aromatic heterocycles. The smallest absolute Gasteiger partial charge is 0.406 e.